The number of hydrogen-bond acceptors (Lipinski definition) is 4. The first-order valence-corrected chi connectivity index (χ1v) is 11.3. The average molecular weight is 575 g/mol. The summed E-state index contributed by atoms with van der Waals surface area (Å²) in [4.78, 5) is 13.2. The van der Waals surface area contributed by atoms with Crippen LogP contribution in [0, 0.1) is 5.82 Å². The van der Waals surface area contributed by atoms with Crippen molar-refractivity contribution in [2.24, 2.45) is 4.99 Å². The van der Waals surface area contributed by atoms with Crippen LogP contribution >= 0.6 is 35.6 Å². The molecule has 1 fully saturated rings. The van der Waals surface area contributed by atoms with E-state index in [9.17, 15) is 4.39 Å². The predicted octanol–water partition coefficient (Wildman–Crippen LogP) is 3.93. The number of hydrogen-bond donors (Lipinski definition) is 2. The number of anilines is 1. The molecule has 3 rings (SSSR count). The van der Waals surface area contributed by atoms with Crippen LogP contribution in [0.3, 0.4) is 0 Å². The maximum Gasteiger partial charge on any atom is 0.191 e. The molecule has 0 spiro atoms. The zero-order chi connectivity index (χ0) is 22.1. The highest BCUT2D eigenvalue weighted by atomic mass is 127. The number of aliphatic imine (C=N–C) groups is 1. The van der Waals surface area contributed by atoms with Gasteiger partial charge in [0.1, 0.15) is 11.0 Å². The lowest BCUT2D eigenvalue weighted by Gasteiger charge is -2.35. The van der Waals surface area contributed by atoms with E-state index in [2.05, 4.69) is 37.3 Å². The molecule has 1 aliphatic heterocycles. The number of halogens is 3. The Balaban J connectivity index is 0.00000363. The minimum absolute atomic E-state index is 0. The normalized spacial score (nSPS) is 14.8. The van der Waals surface area contributed by atoms with Gasteiger partial charge in [-0.25, -0.2) is 14.4 Å². The van der Waals surface area contributed by atoms with Gasteiger partial charge in [0.05, 0.1) is 12.2 Å². The van der Waals surface area contributed by atoms with E-state index in [1.165, 1.54) is 0 Å². The predicted molar refractivity (Wildman–Crippen MR) is 142 cm³/mol. The molecule has 0 unspecified atom stereocenters. The maximum absolute atomic E-state index is 14.8. The highest BCUT2D eigenvalue weighted by Crippen LogP contribution is 2.22. The Bertz CT molecular complexity index is 856. The van der Waals surface area contributed by atoms with Gasteiger partial charge >= 0.3 is 0 Å². The topological polar surface area (TPSA) is 55.8 Å². The van der Waals surface area contributed by atoms with E-state index in [-0.39, 0.29) is 29.8 Å². The first-order valence-electron chi connectivity index (χ1n) is 11.0. The van der Waals surface area contributed by atoms with Crippen LogP contribution in [-0.2, 0) is 13.0 Å². The summed E-state index contributed by atoms with van der Waals surface area (Å²) in [6.45, 7) is 10.8. The van der Waals surface area contributed by atoms with Crippen LogP contribution in [0.15, 0.2) is 41.5 Å². The third-order valence-electron chi connectivity index (χ3n) is 5.43. The lowest BCUT2D eigenvalue weighted by molar-refractivity contribution is 0.270. The molecule has 6 nitrogen and oxygen atoms in total. The van der Waals surface area contributed by atoms with Crippen molar-refractivity contribution in [3.8, 4) is 0 Å². The van der Waals surface area contributed by atoms with Gasteiger partial charge in [-0.2, -0.15) is 0 Å². The van der Waals surface area contributed by atoms with Gasteiger partial charge in [-0.3, -0.25) is 0 Å². The smallest absolute Gasteiger partial charge is 0.191 e. The van der Waals surface area contributed by atoms with Crippen LogP contribution < -0.4 is 15.5 Å². The average Bonchev–Trinajstić information content (AvgIpc) is 2.79. The van der Waals surface area contributed by atoms with Gasteiger partial charge in [0, 0.05) is 45.5 Å². The van der Waals surface area contributed by atoms with E-state index < -0.39 is 0 Å². The molecule has 0 saturated carbocycles. The number of guanidine groups is 1. The number of pyridine rings is 1. The molecule has 0 aliphatic carbocycles. The van der Waals surface area contributed by atoms with E-state index in [0.717, 1.165) is 56.8 Å². The third kappa shape index (κ3) is 8.04. The van der Waals surface area contributed by atoms with Crippen molar-refractivity contribution < 1.29 is 4.39 Å². The van der Waals surface area contributed by atoms with Crippen LogP contribution in [-0.4, -0.2) is 61.7 Å². The number of piperazine rings is 1. The van der Waals surface area contributed by atoms with Crippen LogP contribution in [0.2, 0.25) is 5.15 Å². The molecule has 32 heavy (non-hydrogen) atoms. The molecule has 1 aliphatic rings. The molecule has 1 saturated heterocycles. The Hall–Kier alpha value is -1.65. The number of likely N-dealkylation sites (N-methyl/N-ethyl adjacent to an activating group) is 1. The van der Waals surface area contributed by atoms with Crippen molar-refractivity contribution in [3.05, 3.63) is 58.6 Å². The molecule has 1 aromatic heterocycles. The summed E-state index contributed by atoms with van der Waals surface area (Å²) in [6, 6.07) is 9.21. The number of rotatable bonds is 8. The maximum atomic E-state index is 14.8. The van der Waals surface area contributed by atoms with E-state index in [1.54, 1.807) is 18.3 Å². The summed E-state index contributed by atoms with van der Waals surface area (Å²) >= 11 is 5.83. The SMILES string of the molecule is CCNC(=NCc1ccc(N2CCN(CC)CC2)c(F)c1)NCCc1ccc(Cl)nc1.I. The van der Waals surface area contributed by atoms with Crippen molar-refractivity contribution >= 4 is 47.2 Å². The first-order chi connectivity index (χ1) is 15.1. The van der Waals surface area contributed by atoms with Gasteiger partial charge < -0.3 is 20.4 Å². The zero-order valence-corrected chi connectivity index (χ0v) is 21.9. The van der Waals surface area contributed by atoms with Crippen molar-refractivity contribution in [2.75, 3.05) is 50.7 Å². The van der Waals surface area contributed by atoms with Crippen LogP contribution in [0.4, 0.5) is 10.1 Å². The molecule has 0 radical (unpaired) electrons. The molecule has 176 valence electrons. The molecular weight excluding hydrogens is 542 g/mol. The molecule has 1 aromatic carbocycles. The molecular formula is C23H33ClFIN6. The van der Waals surface area contributed by atoms with E-state index >= 15 is 0 Å². The van der Waals surface area contributed by atoms with E-state index in [1.807, 2.05) is 25.1 Å². The largest absolute Gasteiger partial charge is 0.367 e. The van der Waals surface area contributed by atoms with Crippen molar-refractivity contribution in [1.29, 1.82) is 0 Å². The Morgan fingerprint density at radius 1 is 1.09 bits per heavy atom. The van der Waals surface area contributed by atoms with Gasteiger partial charge in [0.25, 0.3) is 0 Å². The molecule has 9 heteroatoms. The minimum Gasteiger partial charge on any atom is -0.367 e. The summed E-state index contributed by atoms with van der Waals surface area (Å²) in [5.41, 5.74) is 2.64. The fourth-order valence-corrected chi connectivity index (χ4v) is 3.71. The number of aromatic nitrogens is 1. The summed E-state index contributed by atoms with van der Waals surface area (Å²) in [5, 5.41) is 7.04. The molecule has 2 aromatic rings. The zero-order valence-electron chi connectivity index (χ0n) is 18.8. The van der Waals surface area contributed by atoms with Crippen molar-refractivity contribution in [3.63, 3.8) is 0 Å². The fourth-order valence-electron chi connectivity index (χ4n) is 3.60. The van der Waals surface area contributed by atoms with Gasteiger partial charge in [-0.1, -0.05) is 30.7 Å². The lowest BCUT2D eigenvalue weighted by Crippen LogP contribution is -2.46. The second-order valence-corrected chi connectivity index (χ2v) is 7.96. The first kappa shape index (κ1) is 26.6. The van der Waals surface area contributed by atoms with Crippen molar-refractivity contribution in [2.45, 2.75) is 26.8 Å². The second kappa shape index (κ2) is 13.8. The highest BCUT2D eigenvalue weighted by molar-refractivity contribution is 14.0. The fraction of sp³-hybridized carbons (Fsp3) is 0.478. The Morgan fingerprint density at radius 3 is 2.47 bits per heavy atom. The second-order valence-electron chi connectivity index (χ2n) is 7.57. The number of nitrogens with one attached hydrogen (secondary N) is 2. The number of benzene rings is 1. The Morgan fingerprint density at radius 2 is 1.84 bits per heavy atom. The quantitative estimate of drug-likeness (QED) is 0.217. The number of nitrogens with zero attached hydrogens (tertiary/aromatic N) is 4. The van der Waals surface area contributed by atoms with Crippen LogP contribution in [0.5, 0.6) is 0 Å². The molecule has 2 N–H and O–H groups in total. The molecule has 0 amide bonds. The monoisotopic (exact) mass is 574 g/mol. The molecule has 0 bridgehead atoms. The highest BCUT2D eigenvalue weighted by Gasteiger charge is 2.18. The van der Waals surface area contributed by atoms with E-state index in [0.29, 0.717) is 29.9 Å². The van der Waals surface area contributed by atoms with Gasteiger partial charge in [-0.05, 0) is 49.2 Å². The van der Waals surface area contributed by atoms with Crippen LogP contribution in [0.1, 0.15) is 25.0 Å². The summed E-state index contributed by atoms with van der Waals surface area (Å²) < 4.78 is 14.8. The standard InChI is InChI=1S/C23H32ClFN6.HI/c1-3-26-23(27-10-9-18-6-8-22(24)28-16-18)29-17-19-5-7-21(20(25)15-19)31-13-11-30(4-2)12-14-31;/h5-8,15-16H,3-4,9-14,17H2,1-2H3,(H2,26,27,29);1H. The van der Waals surface area contributed by atoms with Gasteiger partial charge in [-0.15, -0.1) is 24.0 Å². The molecule has 2 heterocycles. The van der Waals surface area contributed by atoms with Crippen molar-refractivity contribution in [1.82, 2.24) is 20.5 Å². The van der Waals surface area contributed by atoms with Gasteiger partial charge in [0.15, 0.2) is 5.96 Å². The van der Waals surface area contributed by atoms with Gasteiger partial charge in [0.2, 0.25) is 0 Å². The summed E-state index contributed by atoms with van der Waals surface area (Å²) in [7, 11) is 0. The Kier molecular flexibility index (Phi) is 11.5. The molecule has 0 atom stereocenters. The summed E-state index contributed by atoms with van der Waals surface area (Å²) in [6.07, 6.45) is 2.59. The summed E-state index contributed by atoms with van der Waals surface area (Å²) in [5.74, 6) is 0.537. The minimum atomic E-state index is -0.175. The van der Waals surface area contributed by atoms with Crippen LogP contribution in [0.25, 0.3) is 0 Å². The third-order valence-corrected chi connectivity index (χ3v) is 5.65. The Labute approximate surface area is 212 Å². The van der Waals surface area contributed by atoms with E-state index in [4.69, 9.17) is 11.6 Å². The lowest BCUT2D eigenvalue weighted by atomic mass is 10.1.